The molecule has 2 rings (SSSR count). The Bertz CT molecular complexity index is 386. The van der Waals surface area contributed by atoms with Gasteiger partial charge in [-0.05, 0) is 38.1 Å². The minimum Gasteiger partial charge on any atom is -0.491 e. The molecule has 0 spiro atoms. The van der Waals surface area contributed by atoms with Gasteiger partial charge in [0, 0.05) is 12.8 Å². The van der Waals surface area contributed by atoms with Crippen LogP contribution in [0.3, 0.4) is 0 Å². The second-order valence-electron chi connectivity index (χ2n) is 4.03. The zero-order valence-corrected chi connectivity index (χ0v) is 9.97. The van der Waals surface area contributed by atoms with E-state index in [9.17, 15) is 9.59 Å². The Labute approximate surface area is 100 Å². The van der Waals surface area contributed by atoms with E-state index in [0.717, 1.165) is 12.8 Å². The van der Waals surface area contributed by atoms with Gasteiger partial charge in [0.05, 0.1) is 11.7 Å². The van der Waals surface area contributed by atoms with E-state index in [2.05, 4.69) is 0 Å². The lowest BCUT2D eigenvalue weighted by molar-refractivity contribution is -0.109. The first-order valence-electron chi connectivity index (χ1n) is 5.50. The van der Waals surface area contributed by atoms with Crippen molar-refractivity contribution in [3.63, 3.8) is 0 Å². The highest BCUT2D eigenvalue weighted by Crippen LogP contribution is 2.13. The number of carbonyl (C=O) groups is 2. The lowest BCUT2D eigenvalue weighted by atomic mass is 10.2. The van der Waals surface area contributed by atoms with E-state index in [1.165, 1.54) is 12.1 Å². The van der Waals surface area contributed by atoms with Crippen molar-refractivity contribution in [1.82, 2.24) is 0 Å². The zero-order chi connectivity index (χ0) is 12.8. The molecular weight excluding hydrogens is 220 g/mol. The summed E-state index contributed by atoms with van der Waals surface area (Å²) in [6.45, 7) is 3.84. The molecule has 4 nitrogen and oxygen atoms in total. The quantitative estimate of drug-likeness (QED) is 0.875. The Hall–Kier alpha value is -1.84. The number of hydrogen-bond acceptors (Lipinski definition) is 3. The summed E-state index contributed by atoms with van der Waals surface area (Å²) in [5.74, 6) is 0.191. The molecule has 1 saturated carbocycles. The lowest BCUT2D eigenvalue weighted by Gasteiger charge is -2.08. The maximum absolute atomic E-state index is 10.5. The molecule has 92 valence electrons. The Morgan fingerprint density at radius 2 is 1.71 bits per heavy atom. The van der Waals surface area contributed by atoms with Crippen LogP contribution in [0.5, 0.6) is 5.75 Å². The normalized spacial score (nSPS) is 12.8. The predicted molar refractivity (Wildman–Crippen MR) is 63.4 cm³/mol. The van der Waals surface area contributed by atoms with E-state index in [4.69, 9.17) is 9.84 Å². The van der Waals surface area contributed by atoms with Gasteiger partial charge in [-0.3, -0.25) is 4.79 Å². The van der Waals surface area contributed by atoms with Crippen LogP contribution in [-0.2, 0) is 4.79 Å². The SMILES string of the molecule is CC(C)Oc1ccc(C(=O)O)cc1.O=C1CC1. The molecule has 0 aliphatic heterocycles. The van der Waals surface area contributed by atoms with Crippen LogP contribution in [0, 0.1) is 0 Å². The van der Waals surface area contributed by atoms with E-state index in [-0.39, 0.29) is 11.7 Å². The highest BCUT2D eigenvalue weighted by Gasteiger charge is 2.13. The number of Topliss-reactive ketones (excluding diaryl/α,β-unsaturated/α-hetero) is 1. The number of hydrogen-bond donors (Lipinski definition) is 1. The molecule has 0 unspecified atom stereocenters. The Balaban J connectivity index is 0.000000302. The first-order valence-corrected chi connectivity index (χ1v) is 5.50. The molecule has 1 aliphatic rings. The molecule has 4 heteroatoms. The molecule has 0 bridgehead atoms. The fourth-order valence-electron chi connectivity index (χ4n) is 0.999. The van der Waals surface area contributed by atoms with Gasteiger partial charge >= 0.3 is 5.97 Å². The highest BCUT2D eigenvalue weighted by molar-refractivity contribution is 5.92. The smallest absolute Gasteiger partial charge is 0.335 e. The summed E-state index contributed by atoms with van der Waals surface area (Å²) in [5.41, 5.74) is 0.274. The molecule has 0 heterocycles. The van der Waals surface area contributed by atoms with E-state index in [1.807, 2.05) is 13.8 Å². The monoisotopic (exact) mass is 236 g/mol. The standard InChI is InChI=1S/C10H12O3.C3H4O/c1-7(2)13-9-5-3-8(4-6-9)10(11)12;4-3-1-2-3/h3-7H,1-2H3,(H,11,12);1-2H2. The van der Waals surface area contributed by atoms with Crippen LogP contribution >= 0.6 is 0 Å². The maximum atomic E-state index is 10.5. The molecule has 1 aromatic rings. The van der Waals surface area contributed by atoms with Crippen LogP contribution in [0.25, 0.3) is 0 Å². The Kier molecular flexibility index (Phi) is 4.69. The number of benzene rings is 1. The van der Waals surface area contributed by atoms with E-state index >= 15 is 0 Å². The molecule has 0 aromatic heterocycles. The first-order chi connectivity index (χ1) is 7.99. The van der Waals surface area contributed by atoms with Crippen molar-refractivity contribution in [2.24, 2.45) is 0 Å². The van der Waals surface area contributed by atoms with Crippen LogP contribution in [0.1, 0.15) is 37.0 Å². The van der Waals surface area contributed by atoms with E-state index in [0.29, 0.717) is 11.5 Å². The summed E-state index contributed by atoms with van der Waals surface area (Å²) in [7, 11) is 0. The van der Waals surface area contributed by atoms with Crippen LogP contribution < -0.4 is 4.74 Å². The second kappa shape index (κ2) is 6.03. The summed E-state index contributed by atoms with van der Waals surface area (Å²) < 4.78 is 5.36. The van der Waals surface area contributed by atoms with Gasteiger partial charge in [0.2, 0.25) is 0 Å². The summed E-state index contributed by atoms with van der Waals surface area (Å²) in [6.07, 6.45) is 1.80. The van der Waals surface area contributed by atoms with E-state index < -0.39 is 5.97 Å². The molecule has 0 amide bonds. The third-order valence-electron chi connectivity index (χ3n) is 1.93. The maximum Gasteiger partial charge on any atom is 0.335 e. The van der Waals surface area contributed by atoms with Crippen LogP contribution in [0.2, 0.25) is 0 Å². The number of carboxylic acids is 1. The van der Waals surface area contributed by atoms with Gasteiger partial charge in [0.15, 0.2) is 0 Å². The van der Waals surface area contributed by atoms with Gasteiger partial charge < -0.3 is 9.84 Å². The fourth-order valence-corrected chi connectivity index (χ4v) is 0.999. The summed E-state index contributed by atoms with van der Waals surface area (Å²) in [5, 5.41) is 8.62. The topological polar surface area (TPSA) is 63.6 Å². The summed E-state index contributed by atoms with van der Waals surface area (Å²) in [4.78, 5) is 20.0. The number of aromatic carboxylic acids is 1. The molecule has 0 radical (unpaired) electrons. The van der Waals surface area contributed by atoms with Crippen molar-refractivity contribution in [1.29, 1.82) is 0 Å². The third kappa shape index (κ3) is 5.70. The number of ketones is 1. The molecule has 17 heavy (non-hydrogen) atoms. The lowest BCUT2D eigenvalue weighted by Crippen LogP contribution is -2.05. The number of carbonyl (C=O) groups excluding carboxylic acids is 1. The van der Waals surface area contributed by atoms with Gasteiger partial charge in [-0.2, -0.15) is 0 Å². The molecule has 0 atom stereocenters. The molecule has 0 saturated heterocycles. The molecular formula is C13H16O4. The third-order valence-corrected chi connectivity index (χ3v) is 1.93. The van der Waals surface area contributed by atoms with Gasteiger partial charge in [-0.1, -0.05) is 0 Å². The van der Waals surface area contributed by atoms with Crippen molar-refractivity contribution in [3.05, 3.63) is 29.8 Å². The number of ether oxygens (including phenoxy) is 1. The van der Waals surface area contributed by atoms with Crippen LogP contribution in [0.15, 0.2) is 24.3 Å². The van der Waals surface area contributed by atoms with Crippen molar-refractivity contribution >= 4 is 11.8 Å². The van der Waals surface area contributed by atoms with Gasteiger partial charge in [-0.15, -0.1) is 0 Å². The molecule has 1 fully saturated rings. The van der Waals surface area contributed by atoms with Crippen molar-refractivity contribution in [2.45, 2.75) is 32.8 Å². The summed E-state index contributed by atoms with van der Waals surface area (Å²) >= 11 is 0. The van der Waals surface area contributed by atoms with Crippen LogP contribution in [-0.4, -0.2) is 23.0 Å². The van der Waals surface area contributed by atoms with Crippen molar-refractivity contribution in [2.75, 3.05) is 0 Å². The summed E-state index contributed by atoms with van der Waals surface area (Å²) in [6, 6.07) is 6.37. The minimum atomic E-state index is -0.920. The van der Waals surface area contributed by atoms with E-state index in [1.54, 1.807) is 12.1 Å². The Morgan fingerprint density at radius 3 is 2.00 bits per heavy atom. The van der Waals surface area contributed by atoms with Gasteiger partial charge in [0.25, 0.3) is 0 Å². The predicted octanol–water partition coefficient (Wildman–Crippen LogP) is 2.52. The molecule has 1 aromatic carbocycles. The largest absolute Gasteiger partial charge is 0.491 e. The van der Waals surface area contributed by atoms with Crippen LogP contribution in [0.4, 0.5) is 0 Å². The average molecular weight is 236 g/mol. The Morgan fingerprint density at radius 1 is 1.24 bits per heavy atom. The van der Waals surface area contributed by atoms with Gasteiger partial charge in [-0.25, -0.2) is 4.79 Å². The van der Waals surface area contributed by atoms with Crippen molar-refractivity contribution in [3.8, 4) is 5.75 Å². The van der Waals surface area contributed by atoms with Crippen molar-refractivity contribution < 1.29 is 19.4 Å². The fraction of sp³-hybridized carbons (Fsp3) is 0.385. The first kappa shape index (κ1) is 13.2. The van der Waals surface area contributed by atoms with Gasteiger partial charge in [0.1, 0.15) is 11.5 Å². The highest BCUT2D eigenvalue weighted by atomic mass is 16.5. The zero-order valence-electron chi connectivity index (χ0n) is 9.97. The average Bonchev–Trinajstić information content (AvgIpc) is 3.01. The molecule has 1 aliphatic carbocycles. The second-order valence-corrected chi connectivity index (χ2v) is 4.03. The minimum absolute atomic E-state index is 0.107. The molecule has 1 N–H and O–H groups in total. The number of carboxylic acid groups (broad SMARTS) is 1. The number of rotatable bonds is 3.